The van der Waals surface area contributed by atoms with Crippen LogP contribution in [0, 0.1) is 11.3 Å². The Kier molecular flexibility index (Phi) is 5.09. The molecule has 1 aromatic rings. The molecular formula is C13H12ClN3O. The molecule has 0 aliphatic heterocycles. The molecule has 4 nitrogen and oxygen atoms in total. The molecule has 1 aromatic carbocycles. The van der Waals surface area contributed by atoms with E-state index in [1.165, 1.54) is 12.4 Å². The van der Waals surface area contributed by atoms with Gasteiger partial charge in [0.05, 0.1) is 6.34 Å². The van der Waals surface area contributed by atoms with Crippen molar-refractivity contribution in [3.63, 3.8) is 0 Å². The average Bonchev–Trinajstić information content (AvgIpc) is 2.35. The van der Waals surface area contributed by atoms with Gasteiger partial charge in [0.25, 0.3) is 5.91 Å². The molecule has 0 spiro atoms. The molecule has 0 aliphatic rings. The van der Waals surface area contributed by atoms with E-state index in [9.17, 15) is 4.79 Å². The molecule has 0 N–H and O–H groups in total. The first-order valence-electron chi connectivity index (χ1n) is 5.15. The number of hydrogen-bond acceptors (Lipinski definition) is 2. The van der Waals surface area contributed by atoms with Crippen molar-refractivity contribution in [3.8, 4) is 6.07 Å². The normalized spacial score (nSPS) is 11.3. The van der Waals surface area contributed by atoms with Gasteiger partial charge in [-0.1, -0.05) is 23.7 Å². The number of aliphatic imine (C=N–C) groups is 1. The van der Waals surface area contributed by atoms with Gasteiger partial charge in [-0.2, -0.15) is 10.3 Å². The molecule has 0 radical (unpaired) electrons. The van der Waals surface area contributed by atoms with Crippen molar-refractivity contribution < 1.29 is 4.79 Å². The number of carbonyl (C=O) groups is 1. The van der Waals surface area contributed by atoms with Gasteiger partial charge in [-0.15, -0.1) is 0 Å². The largest absolute Gasteiger partial charge is 0.369 e. The first kappa shape index (κ1) is 13.9. The Morgan fingerprint density at radius 3 is 2.50 bits per heavy atom. The smallest absolute Gasteiger partial charge is 0.289 e. The molecule has 0 bridgehead atoms. The lowest BCUT2D eigenvalue weighted by Crippen LogP contribution is -2.10. The molecule has 0 fully saturated rings. The lowest BCUT2D eigenvalue weighted by atomic mass is 10.1. The Morgan fingerprint density at radius 1 is 1.39 bits per heavy atom. The summed E-state index contributed by atoms with van der Waals surface area (Å²) in [5.41, 5.74) is 0.708. The molecule has 1 amide bonds. The van der Waals surface area contributed by atoms with Gasteiger partial charge in [0.2, 0.25) is 0 Å². The third-order valence-electron chi connectivity index (χ3n) is 1.94. The number of benzene rings is 1. The van der Waals surface area contributed by atoms with E-state index in [1.807, 2.05) is 6.07 Å². The first-order chi connectivity index (χ1) is 8.52. The fourth-order valence-corrected chi connectivity index (χ4v) is 1.23. The molecule has 0 saturated heterocycles. The number of nitrogens with zero attached hydrogens (tertiary/aromatic N) is 3. The monoisotopic (exact) mass is 261 g/mol. The van der Waals surface area contributed by atoms with Crippen LogP contribution in [0.1, 0.15) is 5.56 Å². The molecule has 0 aromatic heterocycles. The standard InChI is InChI=1S/C13H12ClN3O/c1-17(2)9-16-13(18)11(8-15)7-10-3-5-12(14)6-4-10/h3-7,9H,1-2H3/b11-7+,16-9?. The number of carbonyl (C=O) groups excluding carboxylic acids is 1. The van der Waals surface area contributed by atoms with Gasteiger partial charge in [-0.05, 0) is 23.8 Å². The summed E-state index contributed by atoms with van der Waals surface area (Å²) in [6.45, 7) is 0. The molecular weight excluding hydrogens is 250 g/mol. The van der Waals surface area contributed by atoms with Crippen LogP contribution in [-0.2, 0) is 4.79 Å². The van der Waals surface area contributed by atoms with E-state index in [0.29, 0.717) is 5.02 Å². The molecule has 0 heterocycles. The fraction of sp³-hybridized carbons (Fsp3) is 0.154. The third-order valence-corrected chi connectivity index (χ3v) is 2.19. The van der Waals surface area contributed by atoms with Crippen LogP contribution in [0.3, 0.4) is 0 Å². The molecule has 0 aliphatic carbocycles. The quantitative estimate of drug-likeness (QED) is 0.363. The van der Waals surface area contributed by atoms with Crippen LogP contribution < -0.4 is 0 Å². The highest BCUT2D eigenvalue weighted by Crippen LogP contribution is 2.12. The van der Waals surface area contributed by atoms with Crippen LogP contribution >= 0.6 is 11.6 Å². The molecule has 5 heteroatoms. The Morgan fingerprint density at radius 2 is 2.00 bits per heavy atom. The summed E-state index contributed by atoms with van der Waals surface area (Å²) in [5, 5.41) is 9.52. The highest BCUT2D eigenvalue weighted by molar-refractivity contribution is 6.30. The summed E-state index contributed by atoms with van der Waals surface area (Å²) in [6.07, 6.45) is 2.83. The first-order valence-corrected chi connectivity index (χ1v) is 5.53. The minimum absolute atomic E-state index is 0.0181. The highest BCUT2D eigenvalue weighted by Gasteiger charge is 2.06. The predicted molar refractivity (Wildman–Crippen MR) is 72.2 cm³/mol. The zero-order valence-electron chi connectivity index (χ0n) is 10.1. The van der Waals surface area contributed by atoms with E-state index in [0.717, 1.165) is 5.56 Å². The molecule has 0 unspecified atom stereocenters. The molecule has 0 atom stereocenters. The van der Waals surface area contributed by atoms with E-state index in [1.54, 1.807) is 43.3 Å². The zero-order chi connectivity index (χ0) is 13.5. The van der Waals surface area contributed by atoms with Crippen molar-refractivity contribution in [2.45, 2.75) is 0 Å². The Labute approximate surface area is 111 Å². The second kappa shape index (κ2) is 6.58. The summed E-state index contributed by atoms with van der Waals surface area (Å²) in [4.78, 5) is 16.9. The van der Waals surface area contributed by atoms with Crippen LogP contribution in [-0.4, -0.2) is 31.2 Å². The SMILES string of the molecule is CN(C)C=NC(=O)/C(C#N)=C/c1ccc(Cl)cc1. The van der Waals surface area contributed by atoms with Crippen LogP contribution in [0.15, 0.2) is 34.8 Å². The zero-order valence-corrected chi connectivity index (χ0v) is 10.8. The minimum Gasteiger partial charge on any atom is -0.369 e. The van der Waals surface area contributed by atoms with Gasteiger partial charge < -0.3 is 4.90 Å². The molecule has 1 rings (SSSR count). The van der Waals surface area contributed by atoms with E-state index in [2.05, 4.69) is 4.99 Å². The van der Waals surface area contributed by atoms with Gasteiger partial charge in [0, 0.05) is 19.1 Å². The number of hydrogen-bond donors (Lipinski definition) is 0. The van der Waals surface area contributed by atoms with Gasteiger partial charge >= 0.3 is 0 Å². The second-order valence-electron chi connectivity index (χ2n) is 3.73. The van der Waals surface area contributed by atoms with Crippen LogP contribution in [0.2, 0.25) is 5.02 Å². The topological polar surface area (TPSA) is 56.5 Å². The maximum absolute atomic E-state index is 11.6. The van der Waals surface area contributed by atoms with Crippen molar-refractivity contribution in [3.05, 3.63) is 40.4 Å². The maximum atomic E-state index is 11.6. The molecule has 18 heavy (non-hydrogen) atoms. The lowest BCUT2D eigenvalue weighted by molar-refractivity contribution is -0.113. The fourth-order valence-electron chi connectivity index (χ4n) is 1.10. The lowest BCUT2D eigenvalue weighted by Gasteiger charge is -2.01. The van der Waals surface area contributed by atoms with E-state index in [4.69, 9.17) is 16.9 Å². The summed E-state index contributed by atoms with van der Waals surface area (Å²) in [5.74, 6) is -0.568. The molecule has 0 saturated carbocycles. The molecule has 92 valence electrons. The summed E-state index contributed by atoms with van der Waals surface area (Å²) in [6, 6.07) is 8.67. The number of amides is 1. The van der Waals surface area contributed by atoms with Crippen molar-refractivity contribution >= 4 is 29.9 Å². The summed E-state index contributed by atoms with van der Waals surface area (Å²) in [7, 11) is 3.48. The van der Waals surface area contributed by atoms with Crippen LogP contribution in [0.4, 0.5) is 0 Å². The van der Waals surface area contributed by atoms with E-state index >= 15 is 0 Å². The van der Waals surface area contributed by atoms with Gasteiger partial charge in [0.15, 0.2) is 0 Å². The average molecular weight is 262 g/mol. The second-order valence-corrected chi connectivity index (χ2v) is 4.17. The summed E-state index contributed by atoms with van der Waals surface area (Å²) < 4.78 is 0. The van der Waals surface area contributed by atoms with Crippen molar-refractivity contribution in [2.75, 3.05) is 14.1 Å². The van der Waals surface area contributed by atoms with Gasteiger partial charge in [-0.25, -0.2) is 0 Å². The van der Waals surface area contributed by atoms with Gasteiger partial charge in [-0.3, -0.25) is 4.79 Å². The van der Waals surface area contributed by atoms with E-state index < -0.39 is 5.91 Å². The van der Waals surface area contributed by atoms with Gasteiger partial charge in [0.1, 0.15) is 11.6 Å². The van der Waals surface area contributed by atoms with Crippen molar-refractivity contribution in [2.24, 2.45) is 4.99 Å². The van der Waals surface area contributed by atoms with Crippen LogP contribution in [0.25, 0.3) is 6.08 Å². The minimum atomic E-state index is -0.568. The number of halogens is 1. The number of rotatable bonds is 3. The Bertz CT molecular complexity index is 524. The summed E-state index contributed by atoms with van der Waals surface area (Å²) >= 11 is 5.75. The predicted octanol–water partition coefficient (Wildman–Crippen LogP) is 2.36. The highest BCUT2D eigenvalue weighted by atomic mass is 35.5. The van der Waals surface area contributed by atoms with Crippen LogP contribution in [0.5, 0.6) is 0 Å². The third kappa shape index (κ3) is 4.40. The van der Waals surface area contributed by atoms with E-state index in [-0.39, 0.29) is 5.57 Å². The van der Waals surface area contributed by atoms with Crippen molar-refractivity contribution in [1.82, 2.24) is 4.90 Å². The van der Waals surface area contributed by atoms with Crippen molar-refractivity contribution in [1.29, 1.82) is 5.26 Å². The maximum Gasteiger partial charge on any atom is 0.289 e. The number of nitriles is 1. The Balaban J connectivity index is 2.93. The Hall–Kier alpha value is -2.12.